The molecule has 2 heterocycles. The Labute approximate surface area is 126 Å². The van der Waals surface area contributed by atoms with Crippen LogP contribution in [0.5, 0.6) is 0 Å². The van der Waals surface area contributed by atoms with Gasteiger partial charge in [-0.2, -0.15) is 0 Å². The van der Waals surface area contributed by atoms with Crippen molar-refractivity contribution in [2.75, 3.05) is 5.32 Å². The van der Waals surface area contributed by atoms with Gasteiger partial charge in [-0.05, 0) is 32.9 Å². The number of nitrogens with zero attached hydrogens (tertiary/aromatic N) is 3. The molecular weight excluding hydrogens is 284 g/mol. The third-order valence-corrected chi connectivity index (χ3v) is 2.97. The first-order valence-electron chi connectivity index (χ1n) is 6.68. The van der Waals surface area contributed by atoms with Crippen LogP contribution < -0.4 is 5.32 Å². The summed E-state index contributed by atoms with van der Waals surface area (Å²) in [6.45, 7) is 5.70. The first kappa shape index (κ1) is 14.0. The molecule has 7 heteroatoms. The van der Waals surface area contributed by atoms with Gasteiger partial charge < -0.3 is 8.94 Å². The molecule has 0 fully saturated rings. The lowest BCUT2D eigenvalue weighted by molar-refractivity contribution is 0.0985. The minimum atomic E-state index is -0.490. The zero-order valence-corrected chi connectivity index (χ0v) is 12.4. The molecule has 0 spiro atoms. The number of carbonyl (C=O) groups excluding carboxylic acids is 1. The molecule has 0 radical (unpaired) electrons. The quantitative estimate of drug-likeness (QED) is 0.799. The third-order valence-electron chi connectivity index (χ3n) is 2.97. The van der Waals surface area contributed by atoms with E-state index in [2.05, 4.69) is 26.7 Å². The molecule has 0 unspecified atom stereocenters. The van der Waals surface area contributed by atoms with Crippen molar-refractivity contribution in [3.63, 3.8) is 0 Å². The van der Waals surface area contributed by atoms with Crippen LogP contribution in [-0.2, 0) is 0 Å². The van der Waals surface area contributed by atoms with Crippen molar-refractivity contribution in [3.05, 3.63) is 46.8 Å². The van der Waals surface area contributed by atoms with E-state index in [1.165, 1.54) is 6.07 Å². The fraction of sp³-hybridized carbons (Fsp3) is 0.200. The molecule has 0 aliphatic heterocycles. The van der Waals surface area contributed by atoms with E-state index in [1.807, 2.05) is 26.0 Å². The van der Waals surface area contributed by atoms with Crippen LogP contribution in [0.1, 0.15) is 27.4 Å². The van der Waals surface area contributed by atoms with E-state index >= 15 is 0 Å². The number of aryl methyl sites for hydroxylation is 3. The number of hydrogen-bond donors (Lipinski definition) is 1. The zero-order chi connectivity index (χ0) is 15.7. The van der Waals surface area contributed by atoms with Gasteiger partial charge >= 0.3 is 6.01 Å². The summed E-state index contributed by atoms with van der Waals surface area (Å²) in [5.74, 6) is -0.0595. The Morgan fingerprint density at radius 3 is 2.41 bits per heavy atom. The molecule has 0 saturated heterocycles. The van der Waals surface area contributed by atoms with E-state index in [1.54, 1.807) is 6.92 Å². The van der Waals surface area contributed by atoms with Crippen molar-refractivity contribution >= 4 is 11.9 Å². The molecule has 0 saturated carbocycles. The highest BCUT2D eigenvalue weighted by Crippen LogP contribution is 2.22. The van der Waals surface area contributed by atoms with E-state index in [4.69, 9.17) is 8.94 Å². The molecular formula is C15H14N4O3. The average molecular weight is 298 g/mol. The number of amides is 1. The summed E-state index contributed by atoms with van der Waals surface area (Å²) in [6, 6.07) is 7.46. The van der Waals surface area contributed by atoms with Crippen LogP contribution in [0, 0.1) is 20.8 Å². The van der Waals surface area contributed by atoms with Gasteiger partial charge in [0.1, 0.15) is 0 Å². The number of rotatable bonds is 3. The highest BCUT2D eigenvalue weighted by atomic mass is 16.5. The number of aromatic nitrogens is 3. The van der Waals surface area contributed by atoms with Gasteiger partial charge in [0.25, 0.3) is 5.91 Å². The topological polar surface area (TPSA) is 94.1 Å². The van der Waals surface area contributed by atoms with Crippen LogP contribution in [0.15, 0.2) is 33.2 Å². The standard InChI is InChI=1S/C15H14N4O3/c1-8-4-9(2)6-11(5-8)14-17-18-15(21-14)16-13(20)12-7-10(3)19-22-12/h4-7H,1-3H3,(H,16,18,20). The van der Waals surface area contributed by atoms with Gasteiger partial charge in [0.05, 0.1) is 5.69 Å². The maximum absolute atomic E-state index is 11.9. The van der Waals surface area contributed by atoms with Gasteiger partial charge in [-0.25, -0.2) is 0 Å². The monoisotopic (exact) mass is 298 g/mol. The number of nitrogens with one attached hydrogen (secondary N) is 1. The van der Waals surface area contributed by atoms with Crippen molar-refractivity contribution in [1.82, 2.24) is 15.4 Å². The summed E-state index contributed by atoms with van der Waals surface area (Å²) in [4.78, 5) is 11.9. The van der Waals surface area contributed by atoms with Crippen LogP contribution in [0.3, 0.4) is 0 Å². The maximum Gasteiger partial charge on any atom is 0.322 e. The Morgan fingerprint density at radius 1 is 1.05 bits per heavy atom. The molecule has 0 bridgehead atoms. The Balaban J connectivity index is 1.80. The van der Waals surface area contributed by atoms with Crippen LogP contribution in [0.25, 0.3) is 11.5 Å². The minimum absolute atomic E-state index is 0.00760. The number of hydrogen-bond acceptors (Lipinski definition) is 6. The summed E-state index contributed by atoms with van der Waals surface area (Å²) in [6.07, 6.45) is 0. The van der Waals surface area contributed by atoms with Gasteiger partial charge in [-0.1, -0.05) is 27.4 Å². The summed E-state index contributed by atoms with van der Waals surface area (Å²) in [5.41, 5.74) is 3.61. The van der Waals surface area contributed by atoms with E-state index in [9.17, 15) is 4.79 Å². The molecule has 1 amide bonds. The summed E-state index contributed by atoms with van der Waals surface area (Å²) in [7, 11) is 0. The second-order valence-corrected chi connectivity index (χ2v) is 5.08. The fourth-order valence-electron chi connectivity index (χ4n) is 2.12. The maximum atomic E-state index is 11.9. The second-order valence-electron chi connectivity index (χ2n) is 5.08. The SMILES string of the molecule is Cc1cc(C)cc(-c2nnc(NC(=O)c3cc(C)no3)o2)c1. The Hall–Kier alpha value is -2.96. The van der Waals surface area contributed by atoms with Gasteiger partial charge in [-0.15, -0.1) is 5.10 Å². The van der Waals surface area contributed by atoms with Crippen LogP contribution in [-0.4, -0.2) is 21.3 Å². The van der Waals surface area contributed by atoms with Crippen LogP contribution in [0.2, 0.25) is 0 Å². The Morgan fingerprint density at radius 2 is 1.77 bits per heavy atom. The zero-order valence-electron chi connectivity index (χ0n) is 12.4. The van der Waals surface area contributed by atoms with Crippen molar-refractivity contribution in [2.24, 2.45) is 0 Å². The first-order valence-corrected chi connectivity index (χ1v) is 6.68. The molecule has 1 N–H and O–H groups in total. The van der Waals surface area contributed by atoms with Gasteiger partial charge in [0.2, 0.25) is 11.7 Å². The lowest BCUT2D eigenvalue weighted by Gasteiger charge is -2.00. The first-order chi connectivity index (χ1) is 10.5. The van der Waals surface area contributed by atoms with Gasteiger partial charge in [0, 0.05) is 11.6 Å². The number of benzene rings is 1. The van der Waals surface area contributed by atoms with Crippen LogP contribution >= 0.6 is 0 Å². The molecule has 7 nitrogen and oxygen atoms in total. The fourth-order valence-corrected chi connectivity index (χ4v) is 2.12. The smallest absolute Gasteiger partial charge is 0.322 e. The normalized spacial score (nSPS) is 10.7. The van der Waals surface area contributed by atoms with Crippen molar-refractivity contribution in [1.29, 1.82) is 0 Å². The summed E-state index contributed by atoms with van der Waals surface area (Å²) < 4.78 is 10.3. The molecule has 22 heavy (non-hydrogen) atoms. The van der Waals surface area contributed by atoms with Crippen molar-refractivity contribution in [3.8, 4) is 11.5 Å². The average Bonchev–Trinajstić information content (AvgIpc) is 3.06. The van der Waals surface area contributed by atoms with Crippen molar-refractivity contribution in [2.45, 2.75) is 20.8 Å². The summed E-state index contributed by atoms with van der Waals surface area (Å²) >= 11 is 0. The predicted octanol–water partition coefficient (Wildman–Crippen LogP) is 2.90. The van der Waals surface area contributed by atoms with Gasteiger partial charge in [-0.3, -0.25) is 10.1 Å². The van der Waals surface area contributed by atoms with E-state index < -0.39 is 5.91 Å². The largest absolute Gasteiger partial charge is 0.403 e. The highest BCUT2D eigenvalue weighted by Gasteiger charge is 2.16. The van der Waals surface area contributed by atoms with E-state index in [-0.39, 0.29) is 11.8 Å². The molecule has 3 aromatic rings. The third kappa shape index (κ3) is 2.88. The molecule has 0 aliphatic carbocycles. The molecule has 0 aliphatic rings. The molecule has 112 valence electrons. The number of carbonyl (C=O) groups is 1. The molecule has 1 aromatic carbocycles. The Bertz CT molecular complexity index is 815. The van der Waals surface area contributed by atoms with Crippen molar-refractivity contribution < 1.29 is 13.7 Å². The molecule has 0 atom stereocenters. The lowest BCUT2D eigenvalue weighted by Crippen LogP contribution is -2.11. The van der Waals surface area contributed by atoms with E-state index in [0.717, 1.165) is 16.7 Å². The summed E-state index contributed by atoms with van der Waals surface area (Å²) in [5, 5.41) is 13.9. The molecule has 3 rings (SSSR count). The van der Waals surface area contributed by atoms with Gasteiger partial charge in [0.15, 0.2) is 0 Å². The molecule has 2 aromatic heterocycles. The highest BCUT2D eigenvalue weighted by molar-refractivity contribution is 6.00. The minimum Gasteiger partial charge on any atom is -0.403 e. The van der Waals surface area contributed by atoms with E-state index in [0.29, 0.717) is 11.6 Å². The van der Waals surface area contributed by atoms with Crippen LogP contribution in [0.4, 0.5) is 6.01 Å². The predicted molar refractivity (Wildman–Crippen MR) is 78.4 cm³/mol. The number of anilines is 1. The lowest BCUT2D eigenvalue weighted by atomic mass is 10.1. The Kier molecular flexibility index (Phi) is 3.46. The second kappa shape index (κ2) is 5.44.